The van der Waals surface area contributed by atoms with E-state index in [-0.39, 0.29) is 47.8 Å². The maximum absolute atomic E-state index is 12.9. The lowest BCUT2D eigenvalue weighted by atomic mass is 10.0. The fraction of sp³-hybridized carbons (Fsp3) is 0.304. The van der Waals surface area contributed by atoms with Crippen LogP contribution in [0.5, 0.6) is 23.0 Å². The largest absolute Gasteiger partial charge is 0.493 e. The van der Waals surface area contributed by atoms with Crippen LogP contribution in [0.25, 0.3) is 6.08 Å². The van der Waals surface area contributed by atoms with Gasteiger partial charge in [0.1, 0.15) is 48.1 Å². The predicted octanol–water partition coefficient (Wildman–Crippen LogP) is 3.63. The van der Waals surface area contributed by atoms with Gasteiger partial charge >= 0.3 is 0 Å². The summed E-state index contributed by atoms with van der Waals surface area (Å²) in [5.41, 5.74) is 0.739. The standard InChI is InChI=1S/C23H21N3O7/c1-3-30-19-8-14-6-13(2)33-20(14)9-15(19)7-16(12-24)23(27)25-17-10-21-22(32-5-4-31-21)11-18(17)26(28)29/h7-11,13H,3-6H2,1-2H3,(H,25,27)/b16-7+. The van der Waals surface area contributed by atoms with Gasteiger partial charge in [-0.1, -0.05) is 0 Å². The average molecular weight is 451 g/mol. The summed E-state index contributed by atoms with van der Waals surface area (Å²) in [6.45, 7) is 4.72. The molecule has 2 aromatic carbocycles. The minimum absolute atomic E-state index is 0.0169. The molecule has 170 valence electrons. The maximum Gasteiger partial charge on any atom is 0.296 e. The highest BCUT2D eigenvalue weighted by molar-refractivity contribution is 6.10. The smallest absolute Gasteiger partial charge is 0.296 e. The van der Waals surface area contributed by atoms with Crippen LogP contribution < -0.4 is 24.3 Å². The molecule has 2 aromatic rings. The Morgan fingerprint density at radius 1 is 1.27 bits per heavy atom. The molecule has 0 aliphatic carbocycles. The van der Waals surface area contributed by atoms with Gasteiger partial charge in [-0.05, 0) is 32.1 Å². The number of nitro benzene ring substituents is 1. The van der Waals surface area contributed by atoms with E-state index in [2.05, 4.69) is 5.32 Å². The Balaban J connectivity index is 1.67. The number of hydrogen-bond donors (Lipinski definition) is 1. The van der Waals surface area contributed by atoms with Crippen molar-refractivity contribution in [2.75, 3.05) is 25.1 Å². The Hall–Kier alpha value is -4.26. The molecule has 1 N–H and O–H groups in total. The van der Waals surface area contributed by atoms with Crippen molar-refractivity contribution in [3.8, 4) is 29.1 Å². The van der Waals surface area contributed by atoms with Gasteiger partial charge in [0.2, 0.25) is 0 Å². The van der Waals surface area contributed by atoms with E-state index in [0.29, 0.717) is 23.7 Å². The molecule has 33 heavy (non-hydrogen) atoms. The second-order valence-electron chi connectivity index (χ2n) is 7.46. The Labute approximate surface area is 189 Å². The highest BCUT2D eigenvalue weighted by atomic mass is 16.6. The van der Waals surface area contributed by atoms with Crippen LogP contribution in [0.1, 0.15) is 25.0 Å². The third-order valence-corrected chi connectivity index (χ3v) is 5.10. The van der Waals surface area contributed by atoms with Gasteiger partial charge in [0.05, 0.1) is 17.6 Å². The monoisotopic (exact) mass is 451 g/mol. The van der Waals surface area contributed by atoms with Gasteiger partial charge in [-0.2, -0.15) is 5.26 Å². The lowest BCUT2D eigenvalue weighted by Gasteiger charge is -2.19. The van der Waals surface area contributed by atoms with Crippen molar-refractivity contribution >= 4 is 23.4 Å². The predicted molar refractivity (Wildman–Crippen MR) is 118 cm³/mol. The van der Waals surface area contributed by atoms with E-state index >= 15 is 0 Å². The summed E-state index contributed by atoms with van der Waals surface area (Å²) >= 11 is 0. The number of ether oxygens (including phenoxy) is 4. The number of rotatable bonds is 6. The zero-order chi connectivity index (χ0) is 23.5. The SMILES string of the molecule is CCOc1cc2c(cc1/C=C(\C#N)C(=O)Nc1cc3c(cc1[N+](=O)[O-])OCCO3)OC(C)C2. The molecule has 0 bridgehead atoms. The molecule has 10 heteroatoms. The van der Waals surface area contributed by atoms with Gasteiger partial charge < -0.3 is 24.3 Å². The van der Waals surface area contributed by atoms with Crippen molar-refractivity contribution in [3.63, 3.8) is 0 Å². The highest BCUT2D eigenvalue weighted by Crippen LogP contribution is 2.40. The molecule has 0 aromatic heterocycles. The van der Waals surface area contributed by atoms with Gasteiger partial charge in [0.15, 0.2) is 11.5 Å². The second kappa shape index (κ2) is 9.08. The molecule has 1 unspecified atom stereocenters. The van der Waals surface area contributed by atoms with Crippen LogP contribution in [0, 0.1) is 21.4 Å². The number of nitrogens with zero attached hydrogens (tertiary/aromatic N) is 2. The summed E-state index contributed by atoms with van der Waals surface area (Å²) in [5.74, 6) is 0.857. The molecule has 0 spiro atoms. The van der Waals surface area contributed by atoms with E-state index in [1.165, 1.54) is 18.2 Å². The molecule has 10 nitrogen and oxygen atoms in total. The van der Waals surface area contributed by atoms with E-state index in [0.717, 1.165) is 12.0 Å². The number of carbonyl (C=O) groups excluding carboxylic acids is 1. The molecule has 0 saturated carbocycles. The topological polar surface area (TPSA) is 133 Å². The molecule has 1 atom stereocenters. The van der Waals surface area contributed by atoms with Crippen molar-refractivity contribution < 1.29 is 28.7 Å². The van der Waals surface area contributed by atoms with E-state index in [1.807, 2.05) is 26.0 Å². The summed E-state index contributed by atoms with van der Waals surface area (Å²) in [6, 6.07) is 7.92. The number of benzene rings is 2. The molecule has 0 radical (unpaired) electrons. The first-order valence-electron chi connectivity index (χ1n) is 10.4. The first kappa shape index (κ1) is 22.0. The summed E-state index contributed by atoms with van der Waals surface area (Å²) in [7, 11) is 0. The van der Waals surface area contributed by atoms with Crippen LogP contribution in [-0.2, 0) is 11.2 Å². The molecule has 2 heterocycles. The fourth-order valence-electron chi connectivity index (χ4n) is 3.67. The molecular weight excluding hydrogens is 430 g/mol. The second-order valence-corrected chi connectivity index (χ2v) is 7.46. The Morgan fingerprint density at radius 3 is 2.67 bits per heavy atom. The van der Waals surface area contributed by atoms with Gasteiger partial charge in [-0.3, -0.25) is 14.9 Å². The first-order chi connectivity index (χ1) is 15.9. The van der Waals surface area contributed by atoms with Gasteiger partial charge in [-0.25, -0.2) is 0 Å². The molecule has 2 aliphatic heterocycles. The van der Waals surface area contributed by atoms with Crippen molar-refractivity contribution in [1.82, 2.24) is 0 Å². The lowest BCUT2D eigenvalue weighted by molar-refractivity contribution is -0.384. The van der Waals surface area contributed by atoms with Crippen molar-refractivity contribution in [2.45, 2.75) is 26.4 Å². The summed E-state index contributed by atoms with van der Waals surface area (Å²) in [6.07, 6.45) is 2.12. The lowest BCUT2D eigenvalue weighted by Crippen LogP contribution is -2.18. The number of amides is 1. The number of anilines is 1. The number of nitro groups is 1. The first-order valence-corrected chi connectivity index (χ1v) is 10.4. The minimum atomic E-state index is -0.811. The number of carbonyl (C=O) groups is 1. The van der Waals surface area contributed by atoms with Crippen LogP contribution >= 0.6 is 0 Å². The normalized spacial score (nSPS) is 16.3. The van der Waals surface area contributed by atoms with Gasteiger partial charge in [0, 0.05) is 23.6 Å². The molecule has 4 rings (SSSR count). The summed E-state index contributed by atoms with van der Waals surface area (Å²) in [4.78, 5) is 23.8. The van der Waals surface area contributed by atoms with E-state index in [9.17, 15) is 20.2 Å². The number of fused-ring (bicyclic) bond motifs is 2. The Morgan fingerprint density at radius 2 is 2.00 bits per heavy atom. The zero-order valence-corrected chi connectivity index (χ0v) is 18.0. The van der Waals surface area contributed by atoms with Crippen LogP contribution in [0.15, 0.2) is 29.8 Å². The van der Waals surface area contributed by atoms with Crippen LogP contribution in [0.2, 0.25) is 0 Å². The van der Waals surface area contributed by atoms with Crippen LogP contribution in [-0.4, -0.2) is 36.8 Å². The zero-order valence-electron chi connectivity index (χ0n) is 18.0. The molecule has 1 amide bonds. The van der Waals surface area contributed by atoms with Crippen molar-refractivity contribution in [3.05, 3.63) is 51.1 Å². The third-order valence-electron chi connectivity index (χ3n) is 5.10. The van der Waals surface area contributed by atoms with Gasteiger partial charge in [-0.15, -0.1) is 0 Å². The summed E-state index contributed by atoms with van der Waals surface area (Å²) < 4.78 is 22.3. The number of nitrogens with one attached hydrogen (secondary N) is 1. The van der Waals surface area contributed by atoms with Crippen molar-refractivity contribution in [1.29, 1.82) is 5.26 Å². The van der Waals surface area contributed by atoms with E-state index < -0.39 is 10.8 Å². The quantitative estimate of drug-likeness (QED) is 0.305. The molecule has 0 fully saturated rings. The Kier molecular flexibility index (Phi) is 6.04. The number of hydrogen-bond acceptors (Lipinski definition) is 8. The molecule has 2 aliphatic rings. The Bertz CT molecular complexity index is 1200. The molecule has 0 saturated heterocycles. The van der Waals surface area contributed by atoms with Gasteiger partial charge in [0.25, 0.3) is 11.6 Å². The van der Waals surface area contributed by atoms with Crippen LogP contribution in [0.4, 0.5) is 11.4 Å². The minimum Gasteiger partial charge on any atom is -0.493 e. The maximum atomic E-state index is 12.9. The third kappa shape index (κ3) is 4.52. The van der Waals surface area contributed by atoms with E-state index in [4.69, 9.17) is 18.9 Å². The van der Waals surface area contributed by atoms with Crippen LogP contribution in [0.3, 0.4) is 0 Å². The fourth-order valence-corrected chi connectivity index (χ4v) is 3.67. The number of nitriles is 1. The highest BCUT2D eigenvalue weighted by Gasteiger charge is 2.25. The molecular formula is C23H21N3O7. The summed E-state index contributed by atoms with van der Waals surface area (Å²) in [5, 5.41) is 23.6. The van der Waals surface area contributed by atoms with E-state index in [1.54, 1.807) is 6.07 Å². The van der Waals surface area contributed by atoms with Crippen molar-refractivity contribution in [2.24, 2.45) is 0 Å². The average Bonchev–Trinajstić information content (AvgIpc) is 3.15.